The number of carbonyl (C=O) groups excluding carboxylic acids is 1. The Balaban J connectivity index is 1.32. The molecular weight excluding hydrogens is 412 g/mol. The number of rotatable bonds is 5. The van der Waals surface area contributed by atoms with Gasteiger partial charge in [0.05, 0.1) is 11.1 Å². The third kappa shape index (κ3) is 3.27. The number of hydrogen-bond acceptors (Lipinski definition) is 7. The lowest BCUT2D eigenvalue weighted by atomic mass is 10.1. The number of benzene rings is 2. The molecule has 1 amide bonds. The standard InChI is InChI=1S/C23H18N4O5/c28-20(24-14-7-8-18-19(9-14)31-12-30-18)11-27-17-4-2-1-3-15(17)16(10-21(27)29)23-25-22(26-32-23)13-5-6-13/h1-4,7-10,13H,5-6,11-12H2,(H,24,28). The van der Waals surface area contributed by atoms with Crippen LogP contribution in [0.15, 0.2) is 57.8 Å². The highest BCUT2D eigenvalue weighted by Gasteiger charge is 2.29. The summed E-state index contributed by atoms with van der Waals surface area (Å²) in [4.78, 5) is 30.2. The first-order valence-corrected chi connectivity index (χ1v) is 10.3. The lowest BCUT2D eigenvalue weighted by Gasteiger charge is -2.12. The van der Waals surface area contributed by atoms with Gasteiger partial charge in [-0.3, -0.25) is 14.2 Å². The number of pyridine rings is 1. The molecule has 3 heterocycles. The topological polar surface area (TPSA) is 108 Å². The molecule has 2 aromatic heterocycles. The predicted octanol–water partition coefficient (Wildman–Crippen LogP) is 3.30. The summed E-state index contributed by atoms with van der Waals surface area (Å²) in [6.45, 7) is 0.00782. The van der Waals surface area contributed by atoms with Crippen molar-refractivity contribution in [2.45, 2.75) is 25.3 Å². The minimum Gasteiger partial charge on any atom is -0.454 e. The number of aromatic nitrogens is 3. The molecule has 1 aliphatic carbocycles. The van der Waals surface area contributed by atoms with Crippen molar-refractivity contribution < 1.29 is 18.8 Å². The molecule has 2 aliphatic rings. The number of ether oxygens (including phenoxy) is 2. The second kappa shape index (κ2) is 7.23. The quantitative estimate of drug-likeness (QED) is 0.517. The first-order chi connectivity index (χ1) is 15.7. The van der Waals surface area contributed by atoms with Gasteiger partial charge in [-0.25, -0.2) is 0 Å². The average molecular weight is 430 g/mol. The summed E-state index contributed by atoms with van der Waals surface area (Å²) in [6.07, 6.45) is 2.11. The maximum atomic E-state index is 13.0. The van der Waals surface area contributed by atoms with Gasteiger partial charge < -0.3 is 19.3 Å². The van der Waals surface area contributed by atoms with E-state index in [9.17, 15) is 9.59 Å². The fourth-order valence-electron chi connectivity index (χ4n) is 3.84. The van der Waals surface area contributed by atoms with Gasteiger partial charge in [-0.1, -0.05) is 23.4 Å². The Kier molecular flexibility index (Phi) is 4.20. The van der Waals surface area contributed by atoms with Crippen molar-refractivity contribution in [1.82, 2.24) is 14.7 Å². The van der Waals surface area contributed by atoms with E-state index < -0.39 is 0 Å². The zero-order valence-corrected chi connectivity index (χ0v) is 16.9. The Labute approximate surface area is 181 Å². The summed E-state index contributed by atoms with van der Waals surface area (Å²) >= 11 is 0. The molecule has 0 radical (unpaired) electrons. The van der Waals surface area contributed by atoms with Gasteiger partial charge in [-0.2, -0.15) is 4.98 Å². The van der Waals surface area contributed by atoms with E-state index in [1.807, 2.05) is 18.2 Å². The summed E-state index contributed by atoms with van der Waals surface area (Å²) in [5.41, 5.74) is 1.41. The van der Waals surface area contributed by atoms with Gasteiger partial charge in [0.25, 0.3) is 11.4 Å². The summed E-state index contributed by atoms with van der Waals surface area (Å²) in [6, 6.07) is 13.9. The summed E-state index contributed by atoms with van der Waals surface area (Å²) in [5.74, 6) is 2.21. The summed E-state index contributed by atoms with van der Waals surface area (Å²) in [7, 11) is 0. The highest BCUT2D eigenvalue weighted by Crippen LogP contribution is 2.39. The van der Waals surface area contributed by atoms with Crippen LogP contribution in [0.1, 0.15) is 24.6 Å². The largest absolute Gasteiger partial charge is 0.454 e. The monoisotopic (exact) mass is 430 g/mol. The van der Waals surface area contributed by atoms with E-state index in [0.717, 1.165) is 18.2 Å². The molecule has 0 unspecified atom stereocenters. The third-order valence-electron chi connectivity index (χ3n) is 5.59. The van der Waals surface area contributed by atoms with Crippen molar-refractivity contribution in [3.05, 3.63) is 64.7 Å². The lowest BCUT2D eigenvalue weighted by molar-refractivity contribution is -0.116. The maximum absolute atomic E-state index is 13.0. The van der Waals surface area contributed by atoms with Crippen molar-refractivity contribution in [3.63, 3.8) is 0 Å². The van der Waals surface area contributed by atoms with E-state index in [1.165, 1.54) is 10.6 Å². The minimum atomic E-state index is -0.335. The Hall–Kier alpha value is -4.14. The molecule has 1 fully saturated rings. The number of para-hydroxylation sites is 1. The first-order valence-electron chi connectivity index (χ1n) is 10.3. The Bertz CT molecular complexity index is 1420. The van der Waals surface area contributed by atoms with Crippen LogP contribution in [-0.4, -0.2) is 27.4 Å². The van der Waals surface area contributed by atoms with Crippen molar-refractivity contribution in [3.8, 4) is 23.0 Å². The molecule has 0 saturated heterocycles. The second-order valence-corrected chi connectivity index (χ2v) is 7.85. The summed E-state index contributed by atoms with van der Waals surface area (Å²) in [5, 5.41) is 7.62. The SMILES string of the molecule is O=C(Cn1c(=O)cc(-c2nc(C3CC3)no2)c2ccccc21)Nc1ccc2c(c1)OCO2. The van der Waals surface area contributed by atoms with Gasteiger partial charge in [0, 0.05) is 29.1 Å². The Morgan fingerprint density at radius 2 is 1.94 bits per heavy atom. The average Bonchev–Trinajstić information content (AvgIpc) is 3.34. The maximum Gasteiger partial charge on any atom is 0.258 e. The van der Waals surface area contributed by atoms with Crippen molar-refractivity contribution in [2.24, 2.45) is 0 Å². The van der Waals surface area contributed by atoms with Crippen LogP contribution in [-0.2, 0) is 11.3 Å². The number of carbonyl (C=O) groups is 1. The molecule has 4 aromatic rings. The van der Waals surface area contributed by atoms with Crippen LogP contribution in [0.3, 0.4) is 0 Å². The molecule has 9 nitrogen and oxygen atoms in total. The van der Waals surface area contributed by atoms with E-state index in [2.05, 4.69) is 15.5 Å². The molecular formula is C23H18N4O5. The molecule has 6 rings (SSSR count). The molecule has 1 saturated carbocycles. The normalized spacial score (nSPS) is 14.6. The van der Waals surface area contributed by atoms with Crippen molar-refractivity contribution in [2.75, 3.05) is 12.1 Å². The van der Waals surface area contributed by atoms with Crippen LogP contribution in [0.4, 0.5) is 5.69 Å². The Morgan fingerprint density at radius 3 is 2.81 bits per heavy atom. The zero-order chi connectivity index (χ0) is 21.7. The van der Waals surface area contributed by atoms with Crippen LogP contribution in [0.25, 0.3) is 22.4 Å². The molecule has 9 heteroatoms. The fourth-order valence-corrected chi connectivity index (χ4v) is 3.84. The smallest absolute Gasteiger partial charge is 0.258 e. The highest BCUT2D eigenvalue weighted by molar-refractivity contribution is 5.95. The molecule has 1 aliphatic heterocycles. The van der Waals surface area contributed by atoms with Gasteiger partial charge in [-0.15, -0.1) is 0 Å². The molecule has 32 heavy (non-hydrogen) atoms. The number of hydrogen-bond donors (Lipinski definition) is 1. The summed E-state index contributed by atoms with van der Waals surface area (Å²) < 4.78 is 17.5. The van der Waals surface area contributed by atoms with Gasteiger partial charge >= 0.3 is 0 Å². The number of nitrogens with one attached hydrogen (secondary N) is 1. The molecule has 2 aromatic carbocycles. The highest BCUT2D eigenvalue weighted by atomic mass is 16.7. The van der Waals surface area contributed by atoms with E-state index >= 15 is 0 Å². The van der Waals surface area contributed by atoms with Crippen LogP contribution in [0.2, 0.25) is 0 Å². The van der Waals surface area contributed by atoms with E-state index in [0.29, 0.717) is 45.9 Å². The van der Waals surface area contributed by atoms with Crippen LogP contribution >= 0.6 is 0 Å². The number of nitrogens with zero attached hydrogens (tertiary/aromatic N) is 3. The molecule has 160 valence electrons. The number of anilines is 1. The van der Waals surface area contributed by atoms with Gasteiger partial charge in [-0.05, 0) is 31.0 Å². The van der Waals surface area contributed by atoms with Crippen molar-refractivity contribution >= 4 is 22.5 Å². The molecule has 0 atom stereocenters. The number of fused-ring (bicyclic) bond motifs is 2. The van der Waals surface area contributed by atoms with Crippen LogP contribution in [0, 0.1) is 0 Å². The van der Waals surface area contributed by atoms with Crippen LogP contribution in [0.5, 0.6) is 11.5 Å². The lowest BCUT2D eigenvalue weighted by Crippen LogP contribution is -2.27. The first kappa shape index (κ1) is 18.6. The molecule has 0 bridgehead atoms. The fraction of sp³-hybridized carbons (Fsp3) is 0.217. The van der Waals surface area contributed by atoms with E-state index in [1.54, 1.807) is 24.3 Å². The van der Waals surface area contributed by atoms with Gasteiger partial charge in [0.1, 0.15) is 6.54 Å². The minimum absolute atomic E-state index is 0.148. The van der Waals surface area contributed by atoms with Crippen molar-refractivity contribution in [1.29, 1.82) is 0 Å². The van der Waals surface area contributed by atoms with E-state index in [4.69, 9.17) is 14.0 Å². The molecule has 0 spiro atoms. The second-order valence-electron chi connectivity index (χ2n) is 7.85. The molecule has 1 N–H and O–H groups in total. The third-order valence-corrected chi connectivity index (χ3v) is 5.59. The van der Waals surface area contributed by atoms with Gasteiger partial charge in [0.2, 0.25) is 12.7 Å². The van der Waals surface area contributed by atoms with Gasteiger partial charge in [0.15, 0.2) is 17.3 Å². The van der Waals surface area contributed by atoms with Crippen LogP contribution < -0.4 is 20.3 Å². The predicted molar refractivity (Wildman–Crippen MR) is 115 cm³/mol. The zero-order valence-electron chi connectivity index (χ0n) is 16.9. The number of amides is 1. The van der Waals surface area contributed by atoms with E-state index in [-0.39, 0.29) is 24.8 Å². The Morgan fingerprint density at radius 1 is 1.09 bits per heavy atom.